The minimum atomic E-state index is 0.620. The number of anilines is 1. The van der Waals surface area contributed by atoms with E-state index in [-0.39, 0.29) is 0 Å². The highest BCUT2D eigenvalue weighted by Gasteiger charge is 2.12. The fourth-order valence-corrected chi connectivity index (χ4v) is 2.29. The lowest BCUT2D eigenvalue weighted by Crippen LogP contribution is -2.07. The molecule has 0 bridgehead atoms. The first-order valence-corrected chi connectivity index (χ1v) is 7.76. The van der Waals surface area contributed by atoms with Crippen molar-refractivity contribution in [2.75, 3.05) is 11.9 Å². The first-order chi connectivity index (χ1) is 9.63. The quantitative estimate of drug-likeness (QED) is 0.788. The van der Waals surface area contributed by atoms with E-state index in [1.54, 1.807) is 0 Å². The fourth-order valence-electron chi connectivity index (χ4n) is 1.78. The Labute approximate surface area is 133 Å². The monoisotopic (exact) mass is 383 g/mol. The van der Waals surface area contributed by atoms with E-state index in [0.717, 1.165) is 39.5 Å². The van der Waals surface area contributed by atoms with Gasteiger partial charge in [0.25, 0.3) is 0 Å². The molecule has 0 saturated heterocycles. The molecule has 1 aromatic carbocycles. The average molecular weight is 383 g/mol. The molecular weight excluding hydrogens is 365 g/mol. The average Bonchev–Trinajstić information content (AvgIpc) is 2.43. The van der Waals surface area contributed by atoms with E-state index in [4.69, 9.17) is 4.74 Å². The number of hydrogen-bond acceptors (Lipinski definition) is 4. The molecule has 0 aliphatic heterocycles. The summed E-state index contributed by atoms with van der Waals surface area (Å²) >= 11 is 2.27. The van der Waals surface area contributed by atoms with Gasteiger partial charge in [-0.05, 0) is 54.6 Å². The number of nitrogens with one attached hydrogen (secondary N) is 1. The second-order valence-electron chi connectivity index (χ2n) is 4.36. The standard InChI is InChI=1S/C15H18IN3O/c1-4-13-18-14(17-5-2)10(3)15(19-13)20-12-8-6-7-11(16)9-12/h6-9H,4-5H2,1-3H3,(H,17,18,19). The minimum Gasteiger partial charge on any atom is -0.439 e. The van der Waals surface area contributed by atoms with E-state index < -0.39 is 0 Å². The van der Waals surface area contributed by atoms with Gasteiger partial charge in [0, 0.05) is 16.5 Å². The summed E-state index contributed by atoms with van der Waals surface area (Å²) < 4.78 is 7.06. The molecule has 2 aromatic rings. The highest BCUT2D eigenvalue weighted by Crippen LogP contribution is 2.28. The Morgan fingerprint density at radius 2 is 2.05 bits per heavy atom. The number of halogens is 1. The van der Waals surface area contributed by atoms with Crippen LogP contribution in [-0.4, -0.2) is 16.5 Å². The van der Waals surface area contributed by atoms with Crippen molar-refractivity contribution in [3.63, 3.8) is 0 Å². The van der Waals surface area contributed by atoms with Gasteiger partial charge in [-0.3, -0.25) is 0 Å². The summed E-state index contributed by atoms with van der Waals surface area (Å²) in [4.78, 5) is 8.98. The molecule has 1 aromatic heterocycles. The summed E-state index contributed by atoms with van der Waals surface area (Å²) in [6, 6.07) is 7.92. The molecule has 5 heteroatoms. The van der Waals surface area contributed by atoms with Crippen molar-refractivity contribution in [1.29, 1.82) is 0 Å². The van der Waals surface area contributed by atoms with Crippen molar-refractivity contribution >= 4 is 28.4 Å². The highest BCUT2D eigenvalue weighted by atomic mass is 127. The summed E-state index contributed by atoms with van der Waals surface area (Å²) in [5, 5.41) is 3.26. The Hall–Kier alpha value is -1.37. The third-order valence-electron chi connectivity index (χ3n) is 2.82. The lowest BCUT2D eigenvalue weighted by atomic mass is 10.3. The first-order valence-electron chi connectivity index (χ1n) is 6.68. The van der Waals surface area contributed by atoms with E-state index in [2.05, 4.69) is 37.9 Å². The van der Waals surface area contributed by atoms with Crippen LogP contribution in [0.3, 0.4) is 0 Å². The second kappa shape index (κ2) is 6.88. The molecule has 0 aliphatic rings. The van der Waals surface area contributed by atoms with Gasteiger partial charge >= 0.3 is 0 Å². The van der Waals surface area contributed by atoms with Crippen LogP contribution in [0.5, 0.6) is 11.6 Å². The van der Waals surface area contributed by atoms with Crippen molar-refractivity contribution in [2.45, 2.75) is 27.2 Å². The van der Waals surface area contributed by atoms with E-state index >= 15 is 0 Å². The van der Waals surface area contributed by atoms with Crippen molar-refractivity contribution in [3.05, 3.63) is 39.2 Å². The summed E-state index contributed by atoms with van der Waals surface area (Å²) in [7, 11) is 0. The lowest BCUT2D eigenvalue weighted by Gasteiger charge is -2.13. The van der Waals surface area contributed by atoms with Crippen LogP contribution in [0.15, 0.2) is 24.3 Å². The second-order valence-corrected chi connectivity index (χ2v) is 5.61. The van der Waals surface area contributed by atoms with Gasteiger partial charge < -0.3 is 10.1 Å². The third kappa shape index (κ3) is 3.59. The Balaban J connectivity index is 2.37. The van der Waals surface area contributed by atoms with Gasteiger partial charge in [0.05, 0.1) is 5.56 Å². The van der Waals surface area contributed by atoms with Crippen LogP contribution in [0.1, 0.15) is 25.2 Å². The number of nitrogens with zero attached hydrogens (tertiary/aromatic N) is 2. The van der Waals surface area contributed by atoms with Crippen molar-refractivity contribution in [1.82, 2.24) is 9.97 Å². The maximum atomic E-state index is 5.92. The summed E-state index contributed by atoms with van der Waals surface area (Å²) in [5.74, 6) is 3.05. The zero-order chi connectivity index (χ0) is 14.5. The summed E-state index contributed by atoms with van der Waals surface area (Å²) in [5.41, 5.74) is 0.933. The van der Waals surface area contributed by atoms with E-state index in [9.17, 15) is 0 Å². The smallest absolute Gasteiger partial charge is 0.227 e. The fraction of sp³-hybridized carbons (Fsp3) is 0.333. The SMILES string of the molecule is CCNc1nc(CC)nc(Oc2cccc(I)c2)c1C. The van der Waals surface area contributed by atoms with Gasteiger partial charge in [-0.1, -0.05) is 13.0 Å². The van der Waals surface area contributed by atoms with Crippen LogP contribution in [0.25, 0.3) is 0 Å². The molecule has 0 radical (unpaired) electrons. The largest absolute Gasteiger partial charge is 0.439 e. The zero-order valence-electron chi connectivity index (χ0n) is 11.9. The van der Waals surface area contributed by atoms with Crippen molar-refractivity contribution in [2.24, 2.45) is 0 Å². The molecule has 1 N–H and O–H groups in total. The molecule has 20 heavy (non-hydrogen) atoms. The van der Waals surface area contributed by atoms with E-state index in [0.29, 0.717) is 5.88 Å². The van der Waals surface area contributed by atoms with Gasteiger partial charge in [-0.2, -0.15) is 4.98 Å². The molecule has 0 amide bonds. The van der Waals surface area contributed by atoms with Gasteiger partial charge in [-0.25, -0.2) is 4.98 Å². The Morgan fingerprint density at radius 1 is 1.25 bits per heavy atom. The minimum absolute atomic E-state index is 0.620. The predicted octanol–water partition coefficient (Wildman–Crippen LogP) is 4.18. The van der Waals surface area contributed by atoms with Gasteiger partial charge in [0.15, 0.2) is 0 Å². The molecule has 0 spiro atoms. The molecule has 2 rings (SSSR count). The molecule has 1 heterocycles. The Kier molecular flexibility index (Phi) is 5.17. The number of ether oxygens (including phenoxy) is 1. The first kappa shape index (κ1) is 15.0. The molecule has 4 nitrogen and oxygen atoms in total. The third-order valence-corrected chi connectivity index (χ3v) is 3.49. The predicted molar refractivity (Wildman–Crippen MR) is 89.5 cm³/mol. The molecular formula is C15H18IN3O. The van der Waals surface area contributed by atoms with Gasteiger partial charge in [0.2, 0.25) is 5.88 Å². The Bertz CT molecular complexity index is 602. The highest BCUT2D eigenvalue weighted by molar-refractivity contribution is 14.1. The number of aromatic nitrogens is 2. The molecule has 0 atom stereocenters. The number of benzene rings is 1. The van der Waals surface area contributed by atoms with Crippen LogP contribution >= 0.6 is 22.6 Å². The lowest BCUT2D eigenvalue weighted by molar-refractivity contribution is 0.454. The van der Waals surface area contributed by atoms with Gasteiger partial charge in [0.1, 0.15) is 17.4 Å². The molecule has 0 unspecified atom stereocenters. The van der Waals surface area contributed by atoms with Gasteiger partial charge in [-0.15, -0.1) is 0 Å². The number of hydrogen-bond donors (Lipinski definition) is 1. The molecule has 0 fully saturated rings. The maximum absolute atomic E-state index is 5.92. The van der Waals surface area contributed by atoms with E-state index in [1.807, 2.05) is 45.0 Å². The molecule has 106 valence electrons. The van der Waals surface area contributed by atoms with Crippen LogP contribution in [0, 0.1) is 10.5 Å². The van der Waals surface area contributed by atoms with Crippen LogP contribution in [0.2, 0.25) is 0 Å². The van der Waals surface area contributed by atoms with Crippen LogP contribution in [-0.2, 0) is 6.42 Å². The van der Waals surface area contributed by atoms with Crippen molar-refractivity contribution in [3.8, 4) is 11.6 Å². The molecule has 0 saturated carbocycles. The normalized spacial score (nSPS) is 10.4. The van der Waals surface area contributed by atoms with Crippen molar-refractivity contribution < 1.29 is 4.74 Å². The number of aryl methyl sites for hydroxylation is 1. The number of rotatable bonds is 5. The Morgan fingerprint density at radius 3 is 2.70 bits per heavy atom. The van der Waals surface area contributed by atoms with E-state index in [1.165, 1.54) is 0 Å². The molecule has 0 aliphatic carbocycles. The van der Waals surface area contributed by atoms with Crippen LogP contribution < -0.4 is 10.1 Å². The summed E-state index contributed by atoms with van der Waals surface area (Å²) in [6.45, 7) is 6.88. The zero-order valence-corrected chi connectivity index (χ0v) is 14.1. The maximum Gasteiger partial charge on any atom is 0.227 e. The topological polar surface area (TPSA) is 47.0 Å². The summed E-state index contributed by atoms with van der Waals surface area (Å²) in [6.07, 6.45) is 0.779. The van der Waals surface area contributed by atoms with Crippen LogP contribution in [0.4, 0.5) is 5.82 Å².